The molecule has 1 N–H and O–H groups in total. The van der Waals surface area contributed by atoms with Crippen molar-refractivity contribution in [3.05, 3.63) is 24.3 Å². The quantitative estimate of drug-likeness (QED) is 0.606. The number of amides is 2. The summed E-state index contributed by atoms with van der Waals surface area (Å²) in [6.45, 7) is 13.4. The zero-order valence-corrected chi connectivity index (χ0v) is 18.7. The summed E-state index contributed by atoms with van der Waals surface area (Å²) < 4.78 is 0.241. The van der Waals surface area contributed by atoms with E-state index in [1.54, 1.807) is 0 Å². The molecule has 0 saturated carbocycles. The Bertz CT molecular complexity index is 592. The summed E-state index contributed by atoms with van der Waals surface area (Å²) in [4.78, 5) is 18.2. The second-order valence-corrected chi connectivity index (χ2v) is 10.3. The summed E-state index contributed by atoms with van der Waals surface area (Å²) in [6.07, 6.45) is 4.47. The first-order chi connectivity index (χ1) is 12.7. The van der Waals surface area contributed by atoms with Crippen molar-refractivity contribution in [1.82, 2.24) is 9.80 Å². The predicted octanol–water partition coefficient (Wildman–Crippen LogP) is 5.69. The highest BCUT2D eigenvalue weighted by molar-refractivity contribution is 8.00. The normalized spacial score (nSPS) is 16.6. The van der Waals surface area contributed by atoms with Crippen LogP contribution in [0.2, 0.25) is 0 Å². The molecular weight excluding hydrogens is 354 g/mol. The van der Waals surface area contributed by atoms with Crippen LogP contribution in [-0.4, -0.2) is 52.8 Å². The van der Waals surface area contributed by atoms with Gasteiger partial charge in [-0.2, -0.15) is 0 Å². The van der Waals surface area contributed by atoms with Crippen LogP contribution in [0, 0.1) is 0 Å². The van der Waals surface area contributed by atoms with Crippen molar-refractivity contribution < 1.29 is 4.79 Å². The predicted molar refractivity (Wildman–Crippen MR) is 118 cm³/mol. The average Bonchev–Trinajstić information content (AvgIpc) is 2.62. The molecule has 2 amide bonds. The molecule has 0 bridgehead atoms. The summed E-state index contributed by atoms with van der Waals surface area (Å²) in [5, 5.41) is 3.05. The molecule has 5 heteroatoms. The zero-order valence-electron chi connectivity index (χ0n) is 17.9. The van der Waals surface area contributed by atoms with E-state index in [4.69, 9.17) is 0 Å². The largest absolute Gasteiger partial charge is 0.325 e. The molecule has 1 aliphatic rings. The van der Waals surface area contributed by atoms with Crippen molar-refractivity contribution in [2.45, 2.75) is 82.0 Å². The molecule has 1 heterocycles. The number of nitrogens with one attached hydrogen (secondary N) is 1. The van der Waals surface area contributed by atoms with Crippen molar-refractivity contribution in [3.8, 4) is 0 Å². The zero-order chi connectivity index (χ0) is 20.0. The molecule has 0 unspecified atom stereocenters. The van der Waals surface area contributed by atoms with Gasteiger partial charge in [-0.05, 0) is 57.4 Å². The van der Waals surface area contributed by atoms with Gasteiger partial charge >= 0.3 is 6.03 Å². The van der Waals surface area contributed by atoms with Crippen molar-refractivity contribution in [1.29, 1.82) is 0 Å². The van der Waals surface area contributed by atoms with E-state index >= 15 is 0 Å². The lowest BCUT2D eigenvalue weighted by Crippen LogP contribution is -2.48. The van der Waals surface area contributed by atoms with Gasteiger partial charge in [0, 0.05) is 47.6 Å². The molecule has 0 spiro atoms. The Morgan fingerprint density at radius 1 is 1.26 bits per heavy atom. The van der Waals surface area contributed by atoms with E-state index < -0.39 is 0 Å². The van der Waals surface area contributed by atoms with Gasteiger partial charge in [-0.1, -0.05) is 27.2 Å². The van der Waals surface area contributed by atoms with Gasteiger partial charge in [0.1, 0.15) is 0 Å². The maximum absolute atomic E-state index is 12.6. The van der Waals surface area contributed by atoms with Crippen molar-refractivity contribution in [2.75, 3.05) is 25.5 Å². The number of urea groups is 1. The number of carbonyl (C=O) groups is 1. The van der Waals surface area contributed by atoms with Crippen molar-refractivity contribution in [3.63, 3.8) is 0 Å². The number of hydrogen-bond acceptors (Lipinski definition) is 3. The highest BCUT2D eigenvalue weighted by Crippen LogP contribution is 2.36. The summed E-state index contributed by atoms with van der Waals surface area (Å²) in [5.41, 5.74) is 0.865. The highest BCUT2D eigenvalue weighted by atomic mass is 32.2. The smallest absolute Gasteiger partial charge is 0.321 e. The summed E-state index contributed by atoms with van der Waals surface area (Å²) in [6, 6.07) is 9.14. The lowest BCUT2D eigenvalue weighted by Gasteiger charge is -2.38. The Morgan fingerprint density at radius 2 is 1.85 bits per heavy atom. The van der Waals surface area contributed by atoms with Gasteiger partial charge in [-0.3, -0.25) is 0 Å². The third-order valence-corrected chi connectivity index (χ3v) is 6.71. The molecule has 0 aromatic heterocycles. The molecule has 1 saturated heterocycles. The molecule has 27 heavy (non-hydrogen) atoms. The Morgan fingerprint density at radius 3 is 2.37 bits per heavy atom. The van der Waals surface area contributed by atoms with E-state index in [-0.39, 0.29) is 10.8 Å². The Labute approximate surface area is 170 Å². The Hall–Kier alpha value is -1.20. The fourth-order valence-electron chi connectivity index (χ4n) is 3.75. The van der Waals surface area contributed by atoms with Gasteiger partial charge < -0.3 is 15.1 Å². The van der Waals surface area contributed by atoms with Crippen LogP contribution < -0.4 is 5.32 Å². The van der Waals surface area contributed by atoms with Crippen molar-refractivity contribution in [2.24, 2.45) is 0 Å². The summed E-state index contributed by atoms with van der Waals surface area (Å²) in [7, 11) is 1.92. The van der Waals surface area contributed by atoms with E-state index in [1.165, 1.54) is 17.7 Å². The van der Waals surface area contributed by atoms with E-state index in [1.807, 2.05) is 35.8 Å². The number of nitrogens with zero attached hydrogens (tertiary/aromatic N) is 2. The SMILES string of the molecule is CCCC(C)(C)Sc1ccc(NC(=O)N(C)C2CCN(C(C)C)CC2)cc1. The molecule has 0 atom stereocenters. The standard InChI is InChI=1S/C22H37N3OS/c1-7-14-22(4,5)27-20-10-8-18(9-11-20)23-21(26)24(6)19-12-15-25(16-13-19)17(2)3/h8-11,17,19H,7,12-16H2,1-6H3,(H,23,26). The number of thioether (sulfide) groups is 1. The van der Waals surface area contributed by atoms with Crippen LogP contribution in [0.4, 0.5) is 10.5 Å². The number of carbonyl (C=O) groups excluding carboxylic acids is 1. The van der Waals surface area contributed by atoms with Crippen LogP contribution >= 0.6 is 11.8 Å². The van der Waals surface area contributed by atoms with Gasteiger partial charge in [0.25, 0.3) is 0 Å². The maximum Gasteiger partial charge on any atom is 0.321 e. The van der Waals surface area contributed by atoms with E-state index in [0.29, 0.717) is 12.1 Å². The van der Waals surface area contributed by atoms with Gasteiger partial charge in [0.05, 0.1) is 0 Å². The fourth-order valence-corrected chi connectivity index (χ4v) is 4.96. The topological polar surface area (TPSA) is 35.6 Å². The lowest BCUT2D eigenvalue weighted by atomic mass is 10.0. The fraction of sp³-hybridized carbons (Fsp3) is 0.682. The number of anilines is 1. The van der Waals surface area contributed by atoms with Gasteiger partial charge in [-0.25, -0.2) is 4.79 Å². The van der Waals surface area contributed by atoms with E-state index in [0.717, 1.165) is 31.6 Å². The van der Waals surface area contributed by atoms with Crippen LogP contribution in [0.3, 0.4) is 0 Å². The molecule has 0 aliphatic carbocycles. The maximum atomic E-state index is 12.6. The molecule has 152 valence electrons. The average molecular weight is 392 g/mol. The summed E-state index contributed by atoms with van der Waals surface area (Å²) >= 11 is 1.90. The number of hydrogen-bond donors (Lipinski definition) is 1. The number of piperidine rings is 1. The minimum atomic E-state index is -0.00953. The molecule has 1 fully saturated rings. The minimum Gasteiger partial charge on any atom is -0.325 e. The van der Waals surface area contributed by atoms with Gasteiger partial charge in [-0.15, -0.1) is 11.8 Å². The van der Waals surface area contributed by atoms with Crippen LogP contribution in [0.1, 0.15) is 60.3 Å². The van der Waals surface area contributed by atoms with E-state index in [9.17, 15) is 4.79 Å². The first-order valence-electron chi connectivity index (χ1n) is 10.3. The van der Waals surface area contributed by atoms with Crippen molar-refractivity contribution >= 4 is 23.5 Å². The third kappa shape index (κ3) is 6.72. The monoisotopic (exact) mass is 391 g/mol. The molecule has 4 nitrogen and oxygen atoms in total. The first-order valence-corrected chi connectivity index (χ1v) is 11.1. The minimum absolute atomic E-state index is 0.00953. The second-order valence-electron chi connectivity index (χ2n) is 8.54. The molecule has 1 aromatic carbocycles. The number of benzene rings is 1. The molecule has 2 rings (SSSR count). The van der Waals surface area contributed by atoms with Gasteiger partial charge in [0.15, 0.2) is 0 Å². The lowest BCUT2D eigenvalue weighted by molar-refractivity contribution is 0.121. The van der Waals surface area contributed by atoms with Crippen LogP contribution in [0.5, 0.6) is 0 Å². The Kier molecular flexibility index (Phi) is 8.04. The highest BCUT2D eigenvalue weighted by Gasteiger charge is 2.26. The first kappa shape index (κ1) is 22.1. The molecule has 0 radical (unpaired) electrons. The van der Waals surface area contributed by atoms with Gasteiger partial charge in [0.2, 0.25) is 0 Å². The van der Waals surface area contributed by atoms with E-state index in [2.05, 4.69) is 57.0 Å². The molecule has 1 aromatic rings. The second kappa shape index (κ2) is 9.83. The number of rotatable bonds is 7. The molecular formula is C22H37N3OS. The van der Waals surface area contributed by atoms with Crippen LogP contribution in [-0.2, 0) is 0 Å². The number of likely N-dealkylation sites (tertiary alicyclic amines) is 1. The van der Waals surface area contributed by atoms with Crippen LogP contribution in [0.15, 0.2) is 29.2 Å². The third-order valence-electron chi connectivity index (χ3n) is 5.45. The Balaban J connectivity index is 1.86. The molecule has 1 aliphatic heterocycles. The van der Waals surface area contributed by atoms with Crippen LogP contribution in [0.25, 0.3) is 0 Å². The summed E-state index contributed by atoms with van der Waals surface area (Å²) in [5.74, 6) is 0.